The number of carbonyl (C=O) groups excluding carboxylic acids is 5. The number of likely N-dealkylation sites (tertiary alicyclic amines) is 1. The van der Waals surface area contributed by atoms with Crippen molar-refractivity contribution in [1.29, 1.82) is 0 Å². The Morgan fingerprint density at radius 2 is 1.84 bits per heavy atom. The highest BCUT2D eigenvalue weighted by atomic mass is 35.5. The summed E-state index contributed by atoms with van der Waals surface area (Å²) in [5, 5.41) is 8.42. The molecule has 2 aromatic rings. The molecular formula is C31H37ClN4O7. The minimum atomic E-state index is -0.942. The molecule has 0 saturated carbocycles. The lowest BCUT2D eigenvalue weighted by Crippen LogP contribution is -2.54. The summed E-state index contributed by atoms with van der Waals surface area (Å²) in [6, 6.07) is 11.5. The van der Waals surface area contributed by atoms with Crippen LogP contribution in [0.1, 0.15) is 62.4 Å². The number of rotatable bonds is 11. The summed E-state index contributed by atoms with van der Waals surface area (Å²) in [6.07, 6.45) is 0.402. The number of carbonyl (C=O) groups is 5. The molecule has 230 valence electrons. The Kier molecular flexibility index (Phi) is 10.8. The summed E-state index contributed by atoms with van der Waals surface area (Å²) in [7, 11) is 0. The molecular weight excluding hydrogens is 576 g/mol. The monoisotopic (exact) mass is 612 g/mol. The third-order valence-corrected chi connectivity index (χ3v) is 7.52. The van der Waals surface area contributed by atoms with Crippen molar-refractivity contribution in [3.63, 3.8) is 0 Å². The number of cyclic esters (lactones) is 1. The van der Waals surface area contributed by atoms with E-state index in [0.717, 1.165) is 5.56 Å². The largest absolute Gasteiger partial charge is 0.433 e. The van der Waals surface area contributed by atoms with E-state index in [9.17, 15) is 24.0 Å². The van der Waals surface area contributed by atoms with Gasteiger partial charge in [-0.25, -0.2) is 0 Å². The van der Waals surface area contributed by atoms with Gasteiger partial charge in [-0.1, -0.05) is 55.8 Å². The molecule has 4 atom stereocenters. The number of nitrogens with one attached hydrogen (secondary N) is 3. The van der Waals surface area contributed by atoms with Crippen molar-refractivity contribution in [2.45, 2.75) is 77.5 Å². The van der Waals surface area contributed by atoms with Crippen LogP contribution < -0.4 is 16.0 Å². The van der Waals surface area contributed by atoms with Crippen LogP contribution in [0.2, 0.25) is 5.02 Å². The van der Waals surface area contributed by atoms with E-state index < -0.39 is 48.1 Å². The van der Waals surface area contributed by atoms with Crippen LogP contribution in [-0.2, 0) is 35.3 Å². The SMILES string of the molecule is CC(C)CC(=O)Nc1ccc(C(=O)NC(C)C(=O)N2CCCC2C(=O)NC2CC(=O)OC2OCc2ccccc2)cc1Cl. The number of halogens is 1. The number of esters is 1. The Bertz CT molecular complexity index is 1350. The number of ether oxygens (including phenoxy) is 2. The highest BCUT2D eigenvalue weighted by Gasteiger charge is 2.41. The van der Waals surface area contributed by atoms with Crippen LogP contribution in [0.4, 0.5) is 5.69 Å². The summed E-state index contributed by atoms with van der Waals surface area (Å²) in [6.45, 7) is 5.96. The third kappa shape index (κ3) is 8.55. The van der Waals surface area contributed by atoms with Gasteiger partial charge in [0.15, 0.2) is 0 Å². The highest BCUT2D eigenvalue weighted by molar-refractivity contribution is 6.34. The fourth-order valence-electron chi connectivity index (χ4n) is 5.06. The maximum Gasteiger partial charge on any atom is 0.310 e. The number of hydrogen-bond donors (Lipinski definition) is 3. The summed E-state index contributed by atoms with van der Waals surface area (Å²) in [5.74, 6) is -1.83. The molecule has 2 saturated heterocycles. The predicted molar refractivity (Wildman–Crippen MR) is 159 cm³/mol. The van der Waals surface area contributed by atoms with Gasteiger partial charge in [-0.3, -0.25) is 24.0 Å². The zero-order chi connectivity index (χ0) is 31.1. The molecule has 4 rings (SSSR count). The van der Waals surface area contributed by atoms with Crippen molar-refractivity contribution >= 4 is 46.9 Å². The number of hydrogen-bond acceptors (Lipinski definition) is 7. The van der Waals surface area contributed by atoms with Gasteiger partial charge in [0.25, 0.3) is 5.91 Å². The lowest BCUT2D eigenvalue weighted by Gasteiger charge is -2.28. The molecule has 11 nitrogen and oxygen atoms in total. The van der Waals surface area contributed by atoms with Crippen LogP contribution in [-0.4, -0.2) is 65.5 Å². The van der Waals surface area contributed by atoms with Gasteiger partial charge in [-0.2, -0.15) is 0 Å². The predicted octanol–water partition coefficient (Wildman–Crippen LogP) is 3.41. The minimum absolute atomic E-state index is 0.0406. The molecule has 0 spiro atoms. The van der Waals surface area contributed by atoms with E-state index in [0.29, 0.717) is 31.5 Å². The molecule has 0 radical (unpaired) electrons. The van der Waals surface area contributed by atoms with E-state index in [1.54, 1.807) is 6.92 Å². The Morgan fingerprint density at radius 3 is 2.53 bits per heavy atom. The van der Waals surface area contributed by atoms with E-state index in [4.69, 9.17) is 21.1 Å². The standard InChI is InChI=1S/C31H37ClN4O7/c1-18(2)14-26(37)34-23-12-11-21(15-22(23)32)28(39)33-19(3)30(41)36-13-7-10-25(36)29(40)35-24-16-27(38)43-31(24)42-17-20-8-5-4-6-9-20/h4-6,8-9,11-12,15,18-19,24-25,31H,7,10,13-14,16-17H2,1-3H3,(H,33,39)(H,34,37)(H,35,40). The van der Waals surface area contributed by atoms with Gasteiger partial charge >= 0.3 is 5.97 Å². The zero-order valence-electron chi connectivity index (χ0n) is 24.4. The van der Waals surface area contributed by atoms with Crippen molar-refractivity contribution in [3.8, 4) is 0 Å². The van der Waals surface area contributed by atoms with Crippen LogP contribution >= 0.6 is 11.6 Å². The van der Waals surface area contributed by atoms with Gasteiger partial charge in [-0.15, -0.1) is 0 Å². The summed E-state index contributed by atoms with van der Waals surface area (Å²) in [4.78, 5) is 65.0. The number of amides is 4. The quantitative estimate of drug-likeness (QED) is 0.330. The number of anilines is 1. The second kappa shape index (κ2) is 14.5. The van der Waals surface area contributed by atoms with Gasteiger partial charge in [0.05, 0.1) is 23.7 Å². The second-order valence-electron chi connectivity index (χ2n) is 11.2. The maximum atomic E-state index is 13.3. The molecule has 0 aliphatic carbocycles. The van der Waals surface area contributed by atoms with Crippen molar-refractivity contribution < 1.29 is 33.4 Å². The van der Waals surface area contributed by atoms with E-state index in [-0.39, 0.29) is 35.4 Å². The Balaban J connectivity index is 1.32. The first kappa shape index (κ1) is 32.0. The molecule has 43 heavy (non-hydrogen) atoms. The smallest absolute Gasteiger partial charge is 0.310 e. The van der Waals surface area contributed by atoms with Gasteiger partial charge in [0.2, 0.25) is 24.0 Å². The van der Waals surface area contributed by atoms with Crippen molar-refractivity contribution in [2.24, 2.45) is 5.92 Å². The molecule has 2 aliphatic rings. The molecule has 2 heterocycles. The van der Waals surface area contributed by atoms with Crippen molar-refractivity contribution in [1.82, 2.24) is 15.5 Å². The first-order valence-electron chi connectivity index (χ1n) is 14.4. The topological polar surface area (TPSA) is 143 Å². The highest BCUT2D eigenvalue weighted by Crippen LogP contribution is 2.25. The van der Waals surface area contributed by atoms with E-state index in [1.165, 1.54) is 23.1 Å². The average Bonchev–Trinajstić information content (AvgIpc) is 3.59. The average molecular weight is 613 g/mol. The fraction of sp³-hybridized carbons (Fsp3) is 0.452. The van der Waals surface area contributed by atoms with Gasteiger partial charge in [0, 0.05) is 18.5 Å². The normalized spacial score (nSPS) is 20.4. The van der Waals surface area contributed by atoms with E-state index >= 15 is 0 Å². The summed E-state index contributed by atoms with van der Waals surface area (Å²) >= 11 is 6.30. The van der Waals surface area contributed by atoms with E-state index in [2.05, 4.69) is 16.0 Å². The molecule has 4 unspecified atom stereocenters. The van der Waals surface area contributed by atoms with Crippen molar-refractivity contribution in [3.05, 3.63) is 64.7 Å². The van der Waals surface area contributed by atoms with Crippen LogP contribution in [0.3, 0.4) is 0 Å². The lowest BCUT2D eigenvalue weighted by molar-refractivity contribution is -0.168. The molecule has 0 bridgehead atoms. The molecule has 0 aromatic heterocycles. The second-order valence-corrected chi connectivity index (χ2v) is 11.6. The molecule has 4 amide bonds. The van der Waals surface area contributed by atoms with E-state index in [1.807, 2.05) is 44.2 Å². The first-order valence-corrected chi connectivity index (χ1v) is 14.8. The third-order valence-electron chi connectivity index (χ3n) is 7.20. The van der Waals surface area contributed by atoms with Crippen LogP contribution in [0, 0.1) is 5.92 Å². The Hall–Kier alpha value is -3.96. The Labute approximate surface area is 255 Å². The van der Waals surface area contributed by atoms with Crippen LogP contribution in [0.5, 0.6) is 0 Å². The maximum absolute atomic E-state index is 13.3. The van der Waals surface area contributed by atoms with Gasteiger partial charge in [-0.05, 0) is 49.4 Å². The van der Waals surface area contributed by atoms with Crippen LogP contribution in [0.25, 0.3) is 0 Å². The number of benzene rings is 2. The lowest BCUT2D eigenvalue weighted by atomic mass is 10.1. The minimum Gasteiger partial charge on any atom is -0.433 e. The van der Waals surface area contributed by atoms with Crippen molar-refractivity contribution in [2.75, 3.05) is 11.9 Å². The Morgan fingerprint density at radius 1 is 1.09 bits per heavy atom. The molecule has 2 fully saturated rings. The van der Waals surface area contributed by atoms with Gasteiger partial charge in [0.1, 0.15) is 18.1 Å². The zero-order valence-corrected chi connectivity index (χ0v) is 25.2. The molecule has 2 aromatic carbocycles. The molecule has 2 aliphatic heterocycles. The first-order chi connectivity index (χ1) is 20.5. The molecule has 12 heteroatoms. The fourth-order valence-corrected chi connectivity index (χ4v) is 5.29. The summed E-state index contributed by atoms with van der Waals surface area (Å²) < 4.78 is 11.0. The molecule has 3 N–H and O–H groups in total. The number of nitrogens with zero attached hydrogens (tertiary/aromatic N) is 1. The van der Waals surface area contributed by atoms with Gasteiger partial charge < -0.3 is 30.3 Å². The van der Waals surface area contributed by atoms with Crippen LogP contribution in [0.15, 0.2) is 48.5 Å². The summed E-state index contributed by atoms with van der Waals surface area (Å²) in [5.41, 5.74) is 1.50.